The van der Waals surface area contributed by atoms with Gasteiger partial charge < -0.3 is 44.7 Å². The molecular formula is C43H49N5O11S. The van der Waals surface area contributed by atoms with Gasteiger partial charge in [-0.15, -0.1) is 0 Å². The highest BCUT2D eigenvalue weighted by molar-refractivity contribution is 7.92. The Bertz CT molecular complexity index is 2450. The fourth-order valence-corrected chi connectivity index (χ4v) is 6.63. The molecule has 60 heavy (non-hydrogen) atoms. The van der Waals surface area contributed by atoms with Crippen molar-refractivity contribution in [2.45, 2.75) is 32.6 Å². The zero-order chi connectivity index (χ0) is 43.5. The average Bonchev–Trinajstić information content (AvgIpc) is 3.18. The van der Waals surface area contributed by atoms with Crippen LogP contribution in [0.1, 0.15) is 48.0 Å². The van der Waals surface area contributed by atoms with Crippen molar-refractivity contribution in [3.8, 4) is 23.0 Å². The summed E-state index contributed by atoms with van der Waals surface area (Å²) >= 11 is 0. The Morgan fingerprint density at radius 1 is 0.783 bits per heavy atom. The molecule has 17 heteroatoms. The van der Waals surface area contributed by atoms with Gasteiger partial charge in [-0.1, -0.05) is 45.0 Å². The van der Waals surface area contributed by atoms with Gasteiger partial charge in [-0.2, -0.15) is 0 Å². The smallest absolute Gasteiger partial charge is 0.329 e. The third kappa shape index (κ3) is 12.8. The molecule has 1 aromatic heterocycles. The maximum absolute atomic E-state index is 13.5. The number of rotatable bonds is 19. The van der Waals surface area contributed by atoms with Crippen LogP contribution in [0.25, 0.3) is 10.8 Å². The van der Waals surface area contributed by atoms with E-state index in [1.807, 2.05) is 51.1 Å². The third-order valence-electron chi connectivity index (χ3n) is 8.83. The minimum atomic E-state index is -3.66. The molecule has 5 rings (SSSR count). The predicted molar refractivity (Wildman–Crippen MR) is 228 cm³/mol. The quantitative estimate of drug-likeness (QED) is 0.0544. The molecule has 0 radical (unpaired) electrons. The first kappa shape index (κ1) is 44.7. The molecule has 0 aliphatic rings. The molecule has 0 fully saturated rings. The molecule has 5 N–H and O–H groups in total. The number of methoxy groups -OCH3 is 2. The zero-order valence-electron chi connectivity index (χ0n) is 34.2. The van der Waals surface area contributed by atoms with Crippen molar-refractivity contribution in [1.82, 2.24) is 10.3 Å². The number of anilines is 3. The Labute approximate surface area is 348 Å². The third-order valence-corrected chi connectivity index (χ3v) is 9.42. The van der Waals surface area contributed by atoms with Crippen molar-refractivity contribution in [3.05, 3.63) is 107 Å². The summed E-state index contributed by atoms with van der Waals surface area (Å²) in [5.74, 6) is 0.322. The number of carboxylic acids is 1. The predicted octanol–water partition coefficient (Wildman–Crippen LogP) is 6.80. The highest BCUT2D eigenvalue weighted by atomic mass is 32.2. The molecule has 0 bridgehead atoms. The minimum absolute atomic E-state index is 0.129. The van der Waals surface area contributed by atoms with Gasteiger partial charge in [0.2, 0.25) is 10.0 Å². The van der Waals surface area contributed by atoms with E-state index in [9.17, 15) is 22.8 Å². The van der Waals surface area contributed by atoms with Gasteiger partial charge in [0.15, 0.2) is 5.75 Å². The molecule has 0 unspecified atom stereocenters. The molecule has 0 atom stereocenters. The van der Waals surface area contributed by atoms with Crippen molar-refractivity contribution in [2.24, 2.45) is 0 Å². The van der Waals surface area contributed by atoms with Crippen LogP contribution in [-0.4, -0.2) is 89.9 Å². The number of pyridine rings is 1. The highest BCUT2D eigenvalue weighted by Gasteiger charge is 2.23. The maximum atomic E-state index is 13.5. The van der Waals surface area contributed by atoms with Gasteiger partial charge in [-0.05, 0) is 65.1 Å². The lowest BCUT2D eigenvalue weighted by Crippen LogP contribution is -2.27. The van der Waals surface area contributed by atoms with Crippen LogP contribution in [0, 0.1) is 0 Å². The first-order valence-corrected chi connectivity index (χ1v) is 20.7. The van der Waals surface area contributed by atoms with Gasteiger partial charge in [0.1, 0.15) is 23.9 Å². The Morgan fingerprint density at radius 2 is 1.50 bits per heavy atom. The number of nitrogens with one attached hydrogen (secondary N) is 4. The van der Waals surface area contributed by atoms with Gasteiger partial charge in [0, 0.05) is 47.3 Å². The highest BCUT2D eigenvalue weighted by Crippen LogP contribution is 2.40. The second-order valence-electron chi connectivity index (χ2n) is 14.6. The number of benzene rings is 4. The number of hydrogen-bond acceptors (Lipinski definition) is 11. The zero-order valence-corrected chi connectivity index (χ0v) is 35.0. The summed E-state index contributed by atoms with van der Waals surface area (Å²) in [7, 11) is -0.741. The number of nitrogens with zero attached hydrogens (tertiary/aromatic N) is 1. The minimum Gasteiger partial charge on any atom is -0.497 e. The van der Waals surface area contributed by atoms with Crippen molar-refractivity contribution < 1.29 is 51.6 Å². The van der Waals surface area contributed by atoms with E-state index in [4.69, 9.17) is 28.8 Å². The Balaban J connectivity index is 1.28. The number of fused-ring (bicyclic) bond motifs is 1. The molecule has 3 amide bonds. The van der Waals surface area contributed by atoms with Crippen LogP contribution in [0.4, 0.5) is 21.9 Å². The fourth-order valence-electron chi connectivity index (χ4n) is 6.08. The van der Waals surface area contributed by atoms with E-state index in [0.29, 0.717) is 46.0 Å². The lowest BCUT2D eigenvalue weighted by atomic mass is 9.86. The standard InChI is InChI=1S/C43H49N5O11S/c1-43(2,3)29-23-36(40(56-5)37(24-29)48-60(6,53)54)47-42(52)46-35-11-12-38(34-10-8-7-9-33(34)35)59-31-13-14-44-30(25-31)20-27-19-28(22-32(21-27)55-4)41(51)45-15-16-57-17-18-58-26-39(49)50/h7-14,19,21-25,48H,15-18,20,26H2,1-6H3,(H,45,51)(H,49,50)(H2,46,47,52). The number of carbonyl (C=O) groups excluding carboxylic acids is 2. The van der Waals surface area contributed by atoms with Crippen LogP contribution in [0.3, 0.4) is 0 Å². The van der Waals surface area contributed by atoms with Crippen LogP contribution in [0.15, 0.2) is 85.1 Å². The number of carboxylic acid groups (broad SMARTS) is 1. The van der Waals surface area contributed by atoms with Crippen molar-refractivity contribution in [2.75, 3.05) is 68.8 Å². The van der Waals surface area contributed by atoms with E-state index in [1.54, 1.807) is 54.7 Å². The molecule has 5 aromatic rings. The number of urea groups is 1. The second kappa shape index (κ2) is 20.0. The molecule has 4 aromatic carbocycles. The summed E-state index contributed by atoms with van der Waals surface area (Å²) in [4.78, 5) is 41.5. The summed E-state index contributed by atoms with van der Waals surface area (Å²) in [6.45, 7) is 6.30. The summed E-state index contributed by atoms with van der Waals surface area (Å²) in [5.41, 5.74) is 3.21. The number of hydrogen-bond donors (Lipinski definition) is 5. The molecule has 1 heterocycles. The SMILES string of the molecule is COc1cc(Cc2cc(Oc3ccc(NC(=O)Nc4cc(C(C)(C)C)cc(NS(C)(=O)=O)c4OC)c4ccccc34)ccn2)cc(C(=O)NCCOCCOCC(=O)O)c1. The molecule has 0 saturated carbocycles. The topological polar surface area (TPSA) is 213 Å². The lowest BCUT2D eigenvalue weighted by molar-refractivity contribution is -0.142. The molecule has 0 spiro atoms. The Morgan fingerprint density at radius 3 is 2.20 bits per heavy atom. The van der Waals surface area contributed by atoms with Crippen LogP contribution in [0.5, 0.6) is 23.0 Å². The number of carbonyl (C=O) groups is 3. The van der Waals surface area contributed by atoms with Gasteiger partial charge in [0.25, 0.3) is 5.91 Å². The number of amides is 3. The summed E-state index contributed by atoms with van der Waals surface area (Å²) < 4.78 is 54.6. The maximum Gasteiger partial charge on any atom is 0.329 e. The normalized spacial score (nSPS) is 11.4. The second-order valence-corrected chi connectivity index (χ2v) is 16.4. The first-order valence-electron chi connectivity index (χ1n) is 18.8. The van der Waals surface area contributed by atoms with E-state index in [-0.39, 0.29) is 54.8 Å². The number of sulfonamides is 1. The molecular weight excluding hydrogens is 795 g/mol. The number of ether oxygens (including phenoxy) is 5. The molecule has 318 valence electrons. The summed E-state index contributed by atoms with van der Waals surface area (Å²) in [6.07, 6.45) is 3.04. The van der Waals surface area contributed by atoms with Gasteiger partial charge in [0.05, 0.1) is 57.4 Å². The van der Waals surface area contributed by atoms with Crippen LogP contribution < -0.4 is 34.9 Å². The summed E-state index contributed by atoms with van der Waals surface area (Å²) in [5, 5.41) is 18.6. The number of aliphatic carboxylic acids is 1. The van der Waals surface area contributed by atoms with Gasteiger partial charge in [-0.25, -0.2) is 18.0 Å². The largest absolute Gasteiger partial charge is 0.497 e. The van der Waals surface area contributed by atoms with Crippen LogP contribution in [-0.2, 0) is 36.1 Å². The first-order chi connectivity index (χ1) is 28.5. The van der Waals surface area contributed by atoms with E-state index in [2.05, 4.69) is 25.7 Å². The van der Waals surface area contributed by atoms with E-state index in [1.165, 1.54) is 14.2 Å². The van der Waals surface area contributed by atoms with Crippen molar-refractivity contribution in [3.63, 3.8) is 0 Å². The van der Waals surface area contributed by atoms with E-state index in [0.717, 1.165) is 22.8 Å². The van der Waals surface area contributed by atoms with E-state index < -0.39 is 28.6 Å². The Hall–Kier alpha value is -6.43. The van der Waals surface area contributed by atoms with Crippen LogP contribution in [0.2, 0.25) is 0 Å². The van der Waals surface area contributed by atoms with Crippen LogP contribution >= 0.6 is 0 Å². The number of aromatic nitrogens is 1. The fraction of sp³-hybridized carbons (Fsp3) is 0.302. The van der Waals surface area contributed by atoms with Crippen molar-refractivity contribution >= 4 is 55.8 Å². The Kier molecular flexibility index (Phi) is 14.9. The lowest BCUT2D eigenvalue weighted by Gasteiger charge is -2.24. The van der Waals surface area contributed by atoms with E-state index >= 15 is 0 Å². The van der Waals surface area contributed by atoms with Gasteiger partial charge >= 0.3 is 12.0 Å². The molecule has 16 nitrogen and oxygen atoms in total. The molecule has 0 aliphatic heterocycles. The molecule has 0 saturated heterocycles. The monoisotopic (exact) mass is 843 g/mol. The molecule has 0 aliphatic carbocycles. The van der Waals surface area contributed by atoms with Gasteiger partial charge in [-0.3, -0.25) is 14.5 Å². The van der Waals surface area contributed by atoms with Crippen molar-refractivity contribution in [1.29, 1.82) is 0 Å². The average molecular weight is 844 g/mol. The summed E-state index contributed by atoms with van der Waals surface area (Å²) in [6, 6.07) is 22.5.